The average molecular weight is 377 g/mol. The molecule has 0 saturated heterocycles. The highest BCUT2D eigenvalue weighted by Gasteiger charge is 2.22. The molecule has 0 aliphatic carbocycles. The maximum atomic E-state index is 13.4. The Morgan fingerprint density at radius 3 is 2.19 bits per heavy atom. The van der Waals surface area contributed by atoms with Crippen molar-refractivity contribution in [2.24, 2.45) is 5.92 Å². The van der Waals surface area contributed by atoms with Crippen LogP contribution in [0.2, 0.25) is 0 Å². The third-order valence-corrected chi connectivity index (χ3v) is 3.60. The zero-order valence-corrected chi connectivity index (χ0v) is 14.8. The molecule has 0 aliphatic rings. The van der Waals surface area contributed by atoms with E-state index in [-0.39, 0.29) is 31.2 Å². The lowest BCUT2D eigenvalue weighted by atomic mass is 10.1. The highest BCUT2D eigenvalue weighted by molar-refractivity contribution is 5.77. The number of esters is 1. The summed E-state index contributed by atoms with van der Waals surface area (Å²) in [6.45, 7) is 4.77. The molecule has 0 aliphatic heterocycles. The fourth-order valence-corrected chi connectivity index (χ4v) is 2.19. The predicted octanol–water partition coefficient (Wildman–Crippen LogP) is 4.26. The lowest BCUT2D eigenvalue weighted by Gasteiger charge is -2.08. The number of halogens is 4. The first-order valence-electron chi connectivity index (χ1n) is 8.52. The number of carbonyl (C=O) groups excluding carboxylic acids is 2. The molecule has 0 radical (unpaired) electrons. The molecular formula is C18H23F4NO3. The second-order valence-corrected chi connectivity index (χ2v) is 6.36. The Kier molecular flexibility index (Phi) is 9.09. The minimum absolute atomic E-state index is 0.0213. The third kappa shape index (κ3) is 7.41. The lowest BCUT2D eigenvalue weighted by Crippen LogP contribution is -2.24. The summed E-state index contributed by atoms with van der Waals surface area (Å²) in [5.74, 6) is -9.03. The van der Waals surface area contributed by atoms with Gasteiger partial charge in [0.25, 0.3) is 0 Å². The van der Waals surface area contributed by atoms with Crippen LogP contribution in [-0.2, 0) is 9.59 Å². The van der Waals surface area contributed by atoms with Gasteiger partial charge in [-0.15, -0.1) is 0 Å². The van der Waals surface area contributed by atoms with Gasteiger partial charge in [-0.2, -0.15) is 8.78 Å². The van der Waals surface area contributed by atoms with Gasteiger partial charge in [-0.25, -0.2) is 8.78 Å². The molecule has 0 aromatic heterocycles. The fourth-order valence-electron chi connectivity index (χ4n) is 2.19. The van der Waals surface area contributed by atoms with Crippen LogP contribution in [0.1, 0.15) is 52.4 Å². The standard InChI is InChI=1S/C18H23F4NO3/c1-11(2)6-3-4-9-23-14(24)7-5-8-15(25)26-18-16(21)12(19)10-13(20)17(18)22/h10-11H,3-9H2,1-2H3,(H,23,24). The summed E-state index contributed by atoms with van der Waals surface area (Å²) < 4.78 is 57.2. The van der Waals surface area contributed by atoms with Crippen LogP contribution < -0.4 is 10.1 Å². The molecule has 1 amide bonds. The van der Waals surface area contributed by atoms with E-state index < -0.39 is 35.0 Å². The number of hydrogen-bond acceptors (Lipinski definition) is 3. The van der Waals surface area contributed by atoms with Gasteiger partial charge in [-0.1, -0.05) is 26.7 Å². The van der Waals surface area contributed by atoms with Crippen molar-refractivity contribution < 1.29 is 31.9 Å². The molecule has 1 rings (SSSR count). The van der Waals surface area contributed by atoms with E-state index in [1.165, 1.54) is 0 Å². The molecule has 0 spiro atoms. The Bertz CT molecular complexity index is 609. The van der Waals surface area contributed by atoms with Crippen LogP contribution in [-0.4, -0.2) is 18.4 Å². The van der Waals surface area contributed by atoms with Crippen molar-refractivity contribution in [1.29, 1.82) is 0 Å². The van der Waals surface area contributed by atoms with Gasteiger partial charge in [-0.05, 0) is 18.8 Å². The first-order valence-corrected chi connectivity index (χ1v) is 8.52. The van der Waals surface area contributed by atoms with E-state index in [4.69, 9.17) is 0 Å². The van der Waals surface area contributed by atoms with Crippen molar-refractivity contribution in [1.82, 2.24) is 5.32 Å². The van der Waals surface area contributed by atoms with Crippen molar-refractivity contribution in [3.05, 3.63) is 29.3 Å². The molecule has 0 bridgehead atoms. The summed E-state index contributed by atoms with van der Waals surface area (Å²) in [6.07, 6.45) is 2.73. The Labute approximate surface area is 149 Å². The van der Waals surface area contributed by atoms with Crippen LogP contribution in [0.25, 0.3) is 0 Å². The molecule has 8 heteroatoms. The number of hydrogen-bond donors (Lipinski definition) is 1. The molecule has 1 N–H and O–H groups in total. The van der Waals surface area contributed by atoms with Crippen LogP contribution in [0.15, 0.2) is 6.07 Å². The van der Waals surface area contributed by atoms with E-state index in [2.05, 4.69) is 23.9 Å². The van der Waals surface area contributed by atoms with Crippen molar-refractivity contribution in [2.45, 2.75) is 52.4 Å². The highest BCUT2D eigenvalue weighted by Crippen LogP contribution is 2.26. The number of unbranched alkanes of at least 4 members (excludes halogenated alkanes) is 1. The van der Waals surface area contributed by atoms with Crippen molar-refractivity contribution in [2.75, 3.05) is 6.54 Å². The smallest absolute Gasteiger partial charge is 0.311 e. The highest BCUT2D eigenvalue weighted by atomic mass is 19.2. The molecule has 146 valence electrons. The Morgan fingerprint density at radius 1 is 1.00 bits per heavy atom. The minimum atomic E-state index is -1.78. The topological polar surface area (TPSA) is 55.4 Å². The van der Waals surface area contributed by atoms with Gasteiger partial charge in [0.15, 0.2) is 11.6 Å². The zero-order valence-electron chi connectivity index (χ0n) is 14.8. The molecule has 0 unspecified atom stereocenters. The van der Waals surface area contributed by atoms with Crippen molar-refractivity contribution in [3.8, 4) is 5.75 Å². The van der Waals surface area contributed by atoms with Crippen molar-refractivity contribution in [3.63, 3.8) is 0 Å². The van der Waals surface area contributed by atoms with Crippen LogP contribution >= 0.6 is 0 Å². The van der Waals surface area contributed by atoms with Gasteiger partial charge in [-0.3, -0.25) is 9.59 Å². The molecule has 0 fully saturated rings. The third-order valence-electron chi connectivity index (χ3n) is 3.60. The van der Waals surface area contributed by atoms with Crippen molar-refractivity contribution >= 4 is 11.9 Å². The molecule has 26 heavy (non-hydrogen) atoms. The maximum absolute atomic E-state index is 13.4. The first kappa shape index (κ1) is 21.9. The monoisotopic (exact) mass is 377 g/mol. The molecular weight excluding hydrogens is 354 g/mol. The van der Waals surface area contributed by atoms with Gasteiger partial charge in [0.1, 0.15) is 0 Å². The summed E-state index contributed by atoms with van der Waals surface area (Å²) >= 11 is 0. The molecule has 0 atom stereocenters. The predicted molar refractivity (Wildman–Crippen MR) is 87.5 cm³/mol. The van der Waals surface area contributed by atoms with E-state index in [1.807, 2.05) is 0 Å². The van der Waals surface area contributed by atoms with E-state index in [1.54, 1.807) is 0 Å². The molecule has 1 aromatic rings. The molecule has 4 nitrogen and oxygen atoms in total. The first-order chi connectivity index (χ1) is 12.2. The summed E-state index contributed by atoms with van der Waals surface area (Å²) in [7, 11) is 0. The number of amides is 1. The Balaban J connectivity index is 2.32. The Hall–Kier alpha value is -2.12. The van der Waals surface area contributed by atoms with Crippen LogP contribution in [0, 0.1) is 29.2 Å². The SMILES string of the molecule is CC(C)CCCCNC(=O)CCCC(=O)Oc1c(F)c(F)cc(F)c1F. The van der Waals surface area contributed by atoms with Gasteiger partial charge in [0, 0.05) is 25.5 Å². The molecule has 0 heterocycles. The second-order valence-electron chi connectivity index (χ2n) is 6.36. The Morgan fingerprint density at radius 2 is 1.62 bits per heavy atom. The van der Waals surface area contributed by atoms with E-state index in [0.717, 1.165) is 19.3 Å². The minimum Gasteiger partial charge on any atom is -0.420 e. The van der Waals surface area contributed by atoms with Gasteiger partial charge < -0.3 is 10.1 Å². The number of nitrogens with one attached hydrogen (secondary N) is 1. The summed E-state index contributed by atoms with van der Waals surface area (Å²) in [6, 6.07) is 0.0213. The zero-order chi connectivity index (χ0) is 19.7. The van der Waals surface area contributed by atoms with E-state index in [0.29, 0.717) is 12.5 Å². The van der Waals surface area contributed by atoms with Crippen LogP contribution in [0.3, 0.4) is 0 Å². The number of ether oxygens (including phenoxy) is 1. The molecule has 1 aromatic carbocycles. The van der Waals surface area contributed by atoms with Crippen LogP contribution in [0.5, 0.6) is 5.75 Å². The molecule has 0 saturated carbocycles. The number of carbonyl (C=O) groups is 2. The van der Waals surface area contributed by atoms with E-state index >= 15 is 0 Å². The largest absolute Gasteiger partial charge is 0.420 e. The number of rotatable bonds is 10. The normalized spacial score (nSPS) is 10.9. The maximum Gasteiger partial charge on any atom is 0.311 e. The number of benzene rings is 1. The van der Waals surface area contributed by atoms with Gasteiger partial charge in [0.2, 0.25) is 23.3 Å². The van der Waals surface area contributed by atoms with E-state index in [9.17, 15) is 27.2 Å². The van der Waals surface area contributed by atoms with Crippen LogP contribution in [0.4, 0.5) is 17.6 Å². The summed E-state index contributed by atoms with van der Waals surface area (Å²) in [5.41, 5.74) is 0. The summed E-state index contributed by atoms with van der Waals surface area (Å²) in [5, 5.41) is 2.70. The summed E-state index contributed by atoms with van der Waals surface area (Å²) in [4.78, 5) is 23.1. The van der Waals surface area contributed by atoms with Gasteiger partial charge >= 0.3 is 5.97 Å². The fraction of sp³-hybridized carbons (Fsp3) is 0.556. The average Bonchev–Trinajstić information content (AvgIpc) is 2.56. The lowest BCUT2D eigenvalue weighted by molar-refractivity contribution is -0.135. The quantitative estimate of drug-likeness (QED) is 0.218. The van der Waals surface area contributed by atoms with Gasteiger partial charge in [0.05, 0.1) is 0 Å². The second kappa shape index (κ2) is 10.8.